The van der Waals surface area contributed by atoms with Gasteiger partial charge in [0.15, 0.2) is 5.76 Å². The Balaban J connectivity index is 1.86. The number of nitro groups is 1. The standard InChI is InChI=1S/C16H18N2O5/c1-2-3-10-17-16(19)15-9-8-14(23-15)11-22-13-6-4-12(5-7-13)18(20)21/h4-9H,2-3,10-11H2,1H3,(H,17,19). The molecule has 0 unspecified atom stereocenters. The van der Waals surface area contributed by atoms with E-state index in [9.17, 15) is 14.9 Å². The second-order valence-corrected chi connectivity index (χ2v) is 4.92. The Kier molecular flexibility index (Phi) is 5.74. The van der Waals surface area contributed by atoms with E-state index in [1.165, 1.54) is 24.3 Å². The molecule has 1 heterocycles. The second-order valence-electron chi connectivity index (χ2n) is 4.92. The average Bonchev–Trinajstić information content (AvgIpc) is 3.02. The number of amides is 1. The normalized spacial score (nSPS) is 10.3. The molecule has 7 nitrogen and oxygen atoms in total. The number of carbonyl (C=O) groups is 1. The average molecular weight is 318 g/mol. The first-order chi connectivity index (χ1) is 11.1. The van der Waals surface area contributed by atoms with Crippen LogP contribution in [0, 0.1) is 10.1 Å². The third-order valence-corrected chi connectivity index (χ3v) is 3.13. The molecule has 0 aliphatic carbocycles. The van der Waals surface area contributed by atoms with Gasteiger partial charge in [-0.05, 0) is 30.7 Å². The van der Waals surface area contributed by atoms with E-state index in [0.29, 0.717) is 18.1 Å². The summed E-state index contributed by atoms with van der Waals surface area (Å²) in [4.78, 5) is 21.9. The van der Waals surface area contributed by atoms with Crippen LogP contribution in [-0.4, -0.2) is 17.4 Å². The predicted octanol–water partition coefficient (Wildman–Crippen LogP) is 3.30. The Morgan fingerprint density at radius 1 is 1.26 bits per heavy atom. The van der Waals surface area contributed by atoms with Gasteiger partial charge in [0.1, 0.15) is 18.1 Å². The first kappa shape index (κ1) is 16.5. The van der Waals surface area contributed by atoms with Crippen LogP contribution in [0.1, 0.15) is 36.1 Å². The van der Waals surface area contributed by atoms with Crippen molar-refractivity contribution in [2.24, 2.45) is 0 Å². The van der Waals surface area contributed by atoms with Crippen LogP contribution in [0.15, 0.2) is 40.8 Å². The molecule has 0 aliphatic rings. The Morgan fingerprint density at radius 3 is 2.65 bits per heavy atom. The Morgan fingerprint density at radius 2 is 2.00 bits per heavy atom. The van der Waals surface area contributed by atoms with Crippen molar-refractivity contribution in [1.29, 1.82) is 0 Å². The van der Waals surface area contributed by atoms with Gasteiger partial charge in [-0.25, -0.2) is 0 Å². The van der Waals surface area contributed by atoms with Gasteiger partial charge in [-0.2, -0.15) is 0 Å². The van der Waals surface area contributed by atoms with Crippen molar-refractivity contribution in [2.45, 2.75) is 26.4 Å². The van der Waals surface area contributed by atoms with Gasteiger partial charge in [0.2, 0.25) is 0 Å². The molecule has 0 atom stereocenters. The van der Waals surface area contributed by atoms with Gasteiger partial charge < -0.3 is 14.5 Å². The summed E-state index contributed by atoms with van der Waals surface area (Å²) in [6.07, 6.45) is 1.93. The van der Waals surface area contributed by atoms with E-state index in [1.807, 2.05) is 6.92 Å². The van der Waals surface area contributed by atoms with Gasteiger partial charge in [-0.15, -0.1) is 0 Å². The van der Waals surface area contributed by atoms with E-state index in [2.05, 4.69) is 5.32 Å². The van der Waals surface area contributed by atoms with Gasteiger partial charge in [0, 0.05) is 18.7 Å². The number of unbranched alkanes of at least 4 members (excludes halogenated alkanes) is 1. The van der Waals surface area contributed by atoms with E-state index >= 15 is 0 Å². The number of nitro benzene ring substituents is 1. The Hall–Kier alpha value is -2.83. The lowest BCUT2D eigenvalue weighted by Gasteiger charge is -2.04. The minimum absolute atomic E-state index is 0.00128. The number of non-ortho nitro benzene ring substituents is 1. The zero-order valence-electron chi connectivity index (χ0n) is 12.8. The van der Waals surface area contributed by atoms with Crippen LogP contribution < -0.4 is 10.1 Å². The Labute approximate surface area is 133 Å². The van der Waals surface area contributed by atoms with Gasteiger partial charge in [0.05, 0.1) is 4.92 Å². The maximum atomic E-state index is 11.8. The van der Waals surface area contributed by atoms with Crippen molar-refractivity contribution >= 4 is 11.6 Å². The minimum atomic E-state index is -0.472. The van der Waals surface area contributed by atoms with Crippen molar-refractivity contribution in [3.8, 4) is 5.75 Å². The molecular weight excluding hydrogens is 300 g/mol. The molecule has 2 rings (SSSR count). The number of hydrogen-bond donors (Lipinski definition) is 1. The molecule has 23 heavy (non-hydrogen) atoms. The van der Waals surface area contributed by atoms with Crippen LogP contribution >= 0.6 is 0 Å². The van der Waals surface area contributed by atoms with Crippen LogP contribution in [-0.2, 0) is 6.61 Å². The van der Waals surface area contributed by atoms with Crippen molar-refractivity contribution in [2.75, 3.05) is 6.54 Å². The van der Waals surface area contributed by atoms with Crippen molar-refractivity contribution in [3.63, 3.8) is 0 Å². The highest BCUT2D eigenvalue weighted by Gasteiger charge is 2.11. The van der Waals surface area contributed by atoms with Gasteiger partial charge in [0.25, 0.3) is 11.6 Å². The van der Waals surface area contributed by atoms with Crippen molar-refractivity contribution in [1.82, 2.24) is 5.32 Å². The molecule has 1 aromatic carbocycles. The highest BCUT2D eigenvalue weighted by Crippen LogP contribution is 2.19. The maximum Gasteiger partial charge on any atom is 0.286 e. The number of rotatable bonds is 8. The zero-order chi connectivity index (χ0) is 16.7. The molecule has 0 saturated heterocycles. The molecule has 0 aliphatic heterocycles. The third-order valence-electron chi connectivity index (χ3n) is 3.13. The predicted molar refractivity (Wildman–Crippen MR) is 83.4 cm³/mol. The molecule has 0 saturated carbocycles. The number of nitrogens with zero attached hydrogens (tertiary/aromatic N) is 1. The summed E-state index contributed by atoms with van der Waals surface area (Å²) in [5.41, 5.74) is 0.00128. The topological polar surface area (TPSA) is 94.6 Å². The van der Waals surface area contributed by atoms with E-state index in [-0.39, 0.29) is 24.0 Å². The van der Waals surface area contributed by atoms with E-state index in [0.717, 1.165) is 12.8 Å². The summed E-state index contributed by atoms with van der Waals surface area (Å²) < 4.78 is 10.9. The lowest BCUT2D eigenvalue weighted by atomic mass is 10.3. The monoisotopic (exact) mass is 318 g/mol. The smallest absolute Gasteiger partial charge is 0.286 e. The fourth-order valence-electron chi connectivity index (χ4n) is 1.86. The van der Waals surface area contributed by atoms with Crippen LogP contribution in [0.25, 0.3) is 0 Å². The zero-order valence-corrected chi connectivity index (χ0v) is 12.8. The van der Waals surface area contributed by atoms with E-state index < -0.39 is 4.92 Å². The molecule has 0 spiro atoms. The lowest BCUT2D eigenvalue weighted by Crippen LogP contribution is -2.23. The molecular formula is C16H18N2O5. The number of hydrogen-bond acceptors (Lipinski definition) is 5. The number of furan rings is 1. The van der Waals surface area contributed by atoms with Crippen molar-refractivity contribution < 1.29 is 18.9 Å². The first-order valence-corrected chi connectivity index (χ1v) is 7.34. The highest BCUT2D eigenvalue weighted by atomic mass is 16.6. The quantitative estimate of drug-likeness (QED) is 0.458. The van der Waals surface area contributed by atoms with Gasteiger partial charge in [-0.1, -0.05) is 13.3 Å². The van der Waals surface area contributed by atoms with Gasteiger partial charge >= 0.3 is 0 Å². The third kappa shape index (κ3) is 4.84. The first-order valence-electron chi connectivity index (χ1n) is 7.34. The molecule has 0 fully saturated rings. The molecule has 1 amide bonds. The van der Waals surface area contributed by atoms with Crippen LogP contribution in [0.5, 0.6) is 5.75 Å². The summed E-state index contributed by atoms with van der Waals surface area (Å²) in [5, 5.41) is 13.3. The van der Waals surface area contributed by atoms with Crippen LogP contribution in [0.2, 0.25) is 0 Å². The van der Waals surface area contributed by atoms with E-state index in [4.69, 9.17) is 9.15 Å². The SMILES string of the molecule is CCCCNC(=O)c1ccc(COc2ccc([N+](=O)[O-])cc2)o1. The summed E-state index contributed by atoms with van der Waals surface area (Å²) in [5.74, 6) is 0.980. The second kappa shape index (κ2) is 7.98. The molecule has 122 valence electrons. The fourth-order valence-corrected chi connectivity index (χ4v) is 1.86. The molecule has 0 bridgehead atoms. The molecule has 7 heteroatoms. The largest absolute Gasteiger partial charge is 0.486 e. The summed E-state index contributed by atoms with van der Waals surface area (Å²) in [6, 6.07) is 9.02. The number of benzene rings is 1. The molecule has 2 aromatic rings. The molecule has 0 radical (unpaired) electrons. The summed E-state index contributed by atoms with van der Waals surface area (Å²) in [7, 11) is 0. The summed E-state index contributed by atoms with van der Waals surface area (Å²) in [6.45, 7) is 2.80. The number of ether oxygens (including phenoxy) is 1. The minimum Gasteiger partial charge on any atom is -0.486 e. The van der Waals surface area contributed by atoms with E-state index in [1.54, 1.807) is 12.1 Å². The van der Waals surface area contributed by atoms with Crippen LogP contribution in [0.3, 0.4) is 0 Å². The number of carbonyl (C=O) groups excluding carboxylic acids is 1. The Bertz CT molecular complexity index is 663. The maximum absolute atomic E-state index is 11.8. The lowest BCUT2D eigenvalue weighted by molar-refractivity contribution is -0.384. The van der Waals surface area contributed by atoms with Gasteiger partial charge in [-0.3, -0.25) is 14.9 Å². The number of nitrogens with one attached hydrogen (secondary N) is 1. The van der Waals surface area contributed by atoms with Crippen LogP contribution in [0.4, 0.5) is 5.69 Å². The molecule has 1 aromatic heterocycles. The highest BCUT2D eigenvalue weighted by molar-refractivity contribution is 5.91. The fraction of sp³-hybridized carbons (Fsp3) is 0.312. The molecule has 1 N–H and O–H groups in total. The summed E-state index contributed by atoms with van der Waals surface area (Å²) >= 11 is 0. The van der Waals surface area contributed by atoms with Crippen molar-refractivity contribution in [3.05, 3.63) is 58.0 Å².